The number of nitrogens with one attached hydrogen (secondary N) is 2. The van der Waals surface area contributed by atoms with Crippen molar-refractivity contribution in [3.05, 3.63) is 49.7 Å². The number of ether oxygens (including phenoxy) is 1. The van der Waals surface area contributed by atoms with E-state index in [9.17, 15) is 24.5 Å². The molecular weight excluding hydrogens is 362 g/mol. The number of cyclic esters (lactones) is 1. The van der Waals surface area contributed by atoms with E-state index in [0.29, 0.717) is 11.8 Å². The minimum absolute atomic E-state index is 0.0605. The summed E-state index contributed by atoms with van der Waals surface area (Å²) in [4.78, 5) is 46.0. The topological polar surface area (TPSA) is 128 Å². The maximum absolute atomic E-state index is 12.4. The average Bonchev–Trinajstić information content (AvgIpc) is 3.02. The Morgan fingerprint density at radius 3 is 2.81 bits per heavy atom. The Morgan fingerprint density at radius 1 is 1.42 bits per heavy atom. The fourth-order valence-electron chi connectivity index (χ4n) is 2.65. The van der Waals surface area contributed by atoms with Crippen molar-refractivity contribution in [3.8, 4) is 0 Å². The molecule has 2 aromatic rings. The minimum Gasteiger partial charge on any atom is -0.438 e. The van der Waals surface area contributed by atoms with E-state index in [2.05, 4.69) is 10.6 Å². The highest BCUT2D eigenvalue weighted by molar-refractivity contribution is 7.12. The van der Waals surface area contributed by atoms with Gasteiger partial charge in [-0.15, -0.1) is 11.3 Å². The molecular formula is C16H13N3O6S. The summed E-state index contributed by atoms with van der Waals surface area (Å²) in [5, 5.41) is 17.9. The van der Waals surface area contributed by atoms with Gasteiger partial charge in [0.05, 0.1) is 21.1 Å². The van der Waals surface area contributed by atoms with Crippen LogP contribution >= 0.6 is 11.3 Å². The quantitative estimate of drug-likeness (QED) is 0.478. The number of hydrogen-bond donors (Lipinski definition) is 2. The predicted octanol–water partition coefficient (Wildman–Crippen LogP) is 3.52. The van der Waals surface area contributed by atoms with Gasteiger partial charge in [0.2, 0.25) is 0 Å². The van der Waals surface area contributed by atoms with Crippen LogP contribution in [0.4, 0.5) is 21.9 Å². The lowest BCUT2D eigenvalue weighted by Gasteiger charge is -2.32. The number of carbonyl (C=O) groups is 3. The van der Waals surface area contributed by atoms with Gasteiger partial charge in [-0.2, -0.15) is 0 Å². The van der Waals surface area contributed by atoms with Gasteiger partial charge in [-0.25, -0.2) is 4.79 Å². The van der Waals surface area contributed by atoms with Crippen LogP contribution in [0.15, 0.2) is 23.6 Å². The van der Waals surface area contributed by atoms with Crippen LogP contribution < -0.4 is 10.6 Å². The molecule has 0 spiro atoms. The molecule has 1 aliphatic rings. The highest BCUT2D eigenvalue weighted by atomic mass is 32.1. The second-order valence-electron chi connectivity index (χ2n) is 5.97. The number of rotatable bonds is 4. The molecule has 0 radical (unpaired) electrons. The molecule has 9 nitrogen and oxygen atoms in total. The van der Waals surface area contributed by atoms with Crippen molar-refractivity contribution in [2.75, 3.05) is 10.6 Å². The lowest BCUT2D eigenvalue weighted by Crippen LogP contribution is -2.35. The fourth-order valence-corrected chi connectivity index (χ4v) is 3.35. The Hall–Kier alpha value is -3.27. The van der Waals surface area contributed by atoms with Crippen LogP contribution in [0.5, 0.6) is 0 Å². The second kappa shape index (κ2) is 6.23. The predicted molar refractivity (Wildman–Crippen MR) is 93.9 cm³/mol. The minimum atomic E-state index is -1.04. The largest absolute Gasteiger partial charge is 0.438 e. The number of benzene rings is 1. The van der Waals surface area contributed by atoms with Crippen LogP contribution in [-0.4, -0.2) is 23.2 Å². The number of anilines is 2. The smallest absolute Gasteiger partial charge is 0.412 e. The lowest BCUT2D eigenvalue weighted by molar-refractivity contribution is -0.383. The highest BCUT2D eigenvalue weighted by Crippen LogP contribution is 2.41. The monoisotopic (exact) mass is 375 g/mol. The van der Waals surface area contributed by atoms with Crippen molar-refractivity contribution in [2.24, 2.45) is 0 Å². The van der Waals surface area contributed by atoms with Crippen LogP contribution in [-0.2, 0) is 10.3 Å². The first-order valence-corrected chi connectivity index (χ1v) is 8.28. The van der Waals surface area contributed by atoms with Crippen molar-refractivity contribution in [1.29, 1.82) is 0 Å². The molecule has 1 aliphatic heterocycles. The Bertz CT molecular complexity index is 949. The van der Waals surface area contributed by atoms with E-state index in [1.165, 1.54) is 18.2 Å². The van der Waals surface area contributed by atoms with E-state index in [0.717, 1.165) is 11.3 Å². The molecule has 0 aliphatic carbocycles. The number of nitrogens with zero attached hydrogens (tertiary/aromatic N) is 1. The Balaban J connectivity index is 2.06. The van der Waals surface area contributed by atoms with Crippen LogP contribution in [0.2, 0.25) is 0 Å². The molecule has 1 aromatic carbocycles. The van der Waals surface area contributed by atoms with E-state index in [-0.39, 0.29) is 21.8 Å². The maximum atomic E-state index is 12.4. The number of carbonyl (C=O) groups excluding carboxylic acids is 3. The average molecular weight is 375 g/mol. The zero-order valence-electron chi connectivity index (χ0n) is 13.7. The lowest BCUT2D eigenvalue weighted by atomic mass is 9.93. The third kappa shape index (κ3) is 3.02. The van der Waals surface area contributed by atoms with Crippen molar-refractivity contribution in [2.45, 2.75) is 19.4 Å². The van der Waals surface area contributed by atoms with E-state index in [4.69, 9.17) is 4.74 Å². The van der Waals surface area contributed by atoms with Crippen LogP contribution in [0, 0.1) is 10.1 Å². The van der Waals surface area contributed by atoms with Gasteiger partial charge in [0.25, 0.3) is 11.6 Å². The van der Waals surface area contributed by atoms with E-state index in [1.807, 2.05) is 0 Å². The van der Waals surface area contributed by atoms with Crippen molar-refractivity contribution >= 4 is 46.7 Å². The summed E-state index contributed by atoms with van der Waals surface area (Å²) in [7, 11) is 0. The zero-order valence-corrected chi connectivity index (χ0v) is 14.5. The Morgan fingerprint density at radius 2 is 2.15 bits per heavy atom. The van der Waals surface area contributed by atoms with Crippen molar-refractivity contribution < 1.29 is 24.0 Å². The molecule has 0 fully saturated rings. The Kier molecular flexibility index (Phi) is 4.20. The molecule has 0 atom stereocenters. The van der Waals surface area contributed by atoms with Crippen LogP contribution in [0.25, 0.3) is 0 Å². The second-order valence-corrected chi connectivity index (χ2v) is 6.92. The summed E-state index contributed by atoms with van der Waals surface area (Å²) in [5.74, 6) is -0.644. The van der Waals surface area contributed by atoms with Gasteiger partial charge < -0.3 is 10.1 Å². The molecule has 0 unspecified atom stereocenters. The summed E-state index contributed by atoms with van der Waals surface area (Å²) in [5.41, 5.74) is -0.657. The summed E-state index contributed by atoms with van der Waals surface area (Å²) in [6, 6.07) is 4.01. The van der Waals surface area contributed by atoms with E-state index < -0.39 is 28.2 Å². The summed E-state index contributed by atoms with van der Waals surface area (Å²) in [6.45, 7) is 3.26. The maximum Gasteiger partial charge on any atom is 0.412 e. The molecule has 134 valence electrons. The molecule has 0 saturated heterocycles. The van der Waals surface area contributed by atoms with Gasteiger partial charge in [-0.05, 0) is 31.4 Å². The molecule has 26 heavy (non-hydrogen) atoms. The van der Waals surface area contributed by atoms with Gasteiger partial charge in [-0.1, -0.05) is 0 Å². The number of amides is 2. The molecule has 1 aromatic heterocycles. The van der Waals surface area contributed by atoms with Crippen LogP contribution in [0.1, 0.15) is 39.4 Å². The standard InChI is InChI=1S/C16H13N3O6S/c1-16(2)9-5-11(17-14(21)8-3-4-26-13(8)7-20)12(19(23)24)6-10(9)18-15(22)25-16/h3-7H,1-2H3,(H,17,21)(H,18,22). The molecule has 2 N–H and O–H groups in total. The molecule has 10 heteroatoms. The first-order chi connectivity index (χ1) is 12.2. The highest BCUT2D eigenvalue weighted by Gasteiger charge is 2.36. The summed E-state index contributed by atoms with van der Waals surface area (Å²) in [6.07, 6.45) is -0.171. The number of nitro benzene ring substituents is 1. The van der Waals surface area contributed by atoms with E-state index >= 15 is 0 Å². The van der Waals surface area contributed by atoms with Gasteiger partial charge in [0, 0.05) is 11.6 Å². The van der Waals surface area contributed by atoms with Gasteiger partial charge in [0.15, 0.2) is 6.29 Å². The number of aldehydes is 1. The van der Waals surface area contributed by atoms with Crippen LogP contribution in [0.3, 0.4) is 0 Å². The number of hydrogen-bond acceptors (Lipinski definition) is 7. The van der Waals surface area contributed by atoms with Crippen molar-refractivity contribution in [1.82, 2.24) is 0 Å². The normalized spacial score (nSPS) is 14.6. The SMILES string of the molecule is CC1(C)OC(=O)Nc2cc([N+](=O)[O-])c(NC(=O)c3ccsc3C=O)cc21. The van der Waals surface area contributed by atoms with Gasteiger partial charge >= 0.3 is 6.09 Å². The third-order valence-corrected chi connectivity index (χ3v) is 4.70. The molecule has 0 saturated carbocycles. The molecule has 2 heterocycles. The van der Waals surface area contributed by atoms with Gasteiger partial charge in [-0.3, -0.25) is 25.0 Å². The first kappa shape index (κ1) is 17.5. The first-order valence-electron chi connectivity index (χ1n) is 7.40. The van der Waals surface area contributed by atoms with Gasteiger partial charge in [0.1, 0.15) is 11.3 Å². The number of nitro groups is 1. The summed E-state index contributed by atoms with van der Waals surface area (Å²) >= 11 is 1.09. The number of thiophene rings is 1. The van der Waals surface area contributed by atoms with E-state index in [1.54, 1.807) is 19.2 Å². The third-order valence-electron chi connectivity index (χ3n) is 3.86. The number of fused-ring (bicyclic) bond motifs is 1. The fraction of sp³-hybridized carbons (Fsp3) is 0.188. The molecule has 2 amide bonds. The zero-order chi connectivity index (χ0) is 19.1. The summed E-state index contributed by atoms with van der Waals surface area (Å²) < 4.78 is 5.19. The van der Waals surface area contributed by atoms with Crippen molar-refractivity contribution in [3.63, 3.8) is 0 Å². The molecule has 0 bridgehead atoms. The molecule has 3 rings (SSSR count). The Labute approximate surface area is 151 Å².